The summed E-state index contributed by atoms with van der Waals surface area (Å²) in [5.41, 5.74) is 0.981. The molecule has 1 aliphatic heterocycles. The molecule has 1 fully saturated rings. The van der Waals surface area contributed by atoms with E-state index < -0.39 is 0 Å². The van der Waals surface area contributed by atoms with Crippen molar-refractivity contribution in [2.75, 3.05) is 20.1 Å². The van der Waals surface area contributed by atoms with E-state index in [9.17, 15) is 9.18 Å². The van der Waals surface area contributed by atoms with Crippen LogP contribution in [-0.4, -0.2) is 41.9 Å². The number of likely N-dealkylation sites (N-methyl/N-ethyl adjacent to an activating group) is 1. The summed E-state index contributed by atoms with van der Waals surface area (Å²) >= 11 is 0. The van der Waals surface area contributed by atoms with Crippen molar-refractivity contribution in [3.8, 4) is 0 Å². The van der Waals surface area contributed by atoms with Crippen LogP contribution in [0.5, 0.6) is 0 Å². The highest BCUT2D eigenvalue weighted by atomic mass is 19.1. The highest BCUT2D eigenvalue weighted by Crippen LogP contribution is 2.20. The summed E-state index contributed by atoms with van der Waals surface area (Å²) in [4.78, 5) is 16.5. The van der Waals surface area contributed by atoms with Crippen LogP contribution < -0.4 is 0 Å². The normalized spacial score (nSPS) is 21.4. The number of hydrogen-bond acceptors (Lipinski definition) is 2. The van der Waals surface area contributed by atoms with Gasteiger partial charge in [-0.2, -0.15) is 0 Å². The molecule has 4 heteroatoms. The Balaban J connectivity index is 2.19. The van der Waals surface area contributed by atoms with Crippen molar-refractivity contribution >= 4 is 5.91 Å². The molecule has 1 saturated heterocycles. The third-order valence-electron chi connectivity index (χ3n) is 3.96. The molecule has 20 heavy (non-hydrogen) atoms. The average Bonchev–Trinajstić information content (AvgIpc) is 2.54. The molecule has 1 aromatic carbocycles. The molecule has 0 saturated carbocycles. The van der Waals surface area contributed by atoms with E-state index in [1.807, 2.05) is 4.90 Å². The van der Waals surface area contributed by atoms with E-state index in [1.165, 1.54) is 12.1 Å². The lowest BCUT2D eigenvalue weighted by molar-refractivity contribution is -0.134. The molecule has 1 aliphatic rings. The van der Waals surface area contributed by atoms with Crippen molar-refractivity contribution in [2.24, 2.45) is 5.92 Å². The van der Waals surface area contributed by atoms with E-state index in [1.54, 1.807) is 12.1 Å². The molecule has 1 heterocycles. The number of nitrogens with zero attached hydrogens (tertiary/aromatic N) is 2. The molecule has 0 N–H and O–H groups in total. The second-order valence-corrected chi connectivity index (χ2v) is 5.97. The number of carbonyl (C=O) groups excluding carboxylic acids is 1. The summed E-state index contributed by atoms with van der Waals surface area (Å²) in [6.45, 7) is 6.56. The Morgan fingerprint density at radius 2 is 1.95 bits per heavy atom. The first-order chi connectivity index (χ1) is 9.47. The third-order valence-corrected chi connectivity index (χ3v) is 3.96. The minimum Gasteiger partial charge on any atom is -0.334 e. The molecule has 0 aliphatic carbocycles. The average molecular weight is 278 g/mol. The first kappa shape index (κ1) is 15.0. The first-order valence-electron chi connectivity index (χ1n) is 7.20. The smallest absolute Gasteiger partial charge is 0.224 e. The van der Waals surface area contributed by atoms with Gasteiger partial charge in [0.1, 0.15) is 5.82 Å². The fraction of sp³-hybridized carbons (Fsp3) is 0.562. The maximum Gasteiger partial charge on any atom is 0.224 e. The second-order valence-electron chi connectivity index (χ2n) is 5.97. The molecule has 1 amide bonds. The molecule has 3 nitrogen and oxygen atoms in total. The van der Waals surface area contributed by atoms with Crippen LogP contribution in [0, 0.1) is 11.7 Å². The van der Waals surface area contributed by atoms with Crippen LogP contribution >= 0.6 is 0 Å². The number of hydrogen-bond donors (Lipinski definition) is 0. The number of benzene rings is 1. The summed E-state index contributed by atoms with van der Waals surface area (Å²) < 4.78 is 13.0. The topological polar surface area (TPSA) is 23.6 Å². The monoisotopic (exact) mass is 278 g/mol. The maximum atomic E-state index is 13.0. The predicted molar refractivity (Wildman–Crippen MR) is 77.7 cm³/mol. The fourth-order valence-electron chi connectivity index (χ4n) is 2.69. The van der Waals surface area contributed by atoms with Gasteiger partial charge in [-0.1, -0.05) is 26.0 Å². The van der Waals surface area contributed by atoms with Gasteiger partial charge in [-0.15, -0.1) is 0 Å². The van der Waals surface area contributed by atoms with Gasteiger partial charge in [0, 0.05) is 32.1 Å². The van der Waals surface area contributed by atoms with Crippen LogP contribution in [0.1, 0.15) is 25.8 Å². The van der Waals surface area contributed by atoms with Crippen molar-refractivity contribution in [3.63, 3.8) is 0 Å². The van der Waals surface area contributed by atoms with Gasteiger partial charge in [0.15, 0.2) is 0 Å². The maximum absolute atomic E-state index is 13.0. The molecule has 2 rings (SSSR count). The van der Waals surface area contributed by atoms with Gasteiger partial charge in [-0.05, 0) is 30.7 Å². The summed E-state index contributed by atoms with van der Waals surface area (Å²) in [5, 5.41) is 0. The van der Waals surface area contributed by atoms with E-state index >= 15 is 0 Å². The minimum absolute atomic E-state index is 0.192. The van der Waals surface area contributed by atoms with Gasteiger partial charge in [0.25, 0.3) is 0 Å². The Kier molecular flexibility index (Phi) is 4.76. The van der Waals surface area contributed by atoms with Crippen LogP contribution in [-0.2, 0) is 11.3 Å². The predicted octanol–water partition coefficient (Wildman–Crippen LogP) is 2.51. The van der Waals surface area contributed by atoms with Crippen LogP contribution in [0.15, 0.2) is 24.3 Å². The van der Waals surface area contributed by atoms with Gasteiger partial charge >= 0.3 is 0 Å². The Bertz CT molecular complexity index is 458. The summed E-state index contributed by atoms with van der Waals surface area (Å²) in [6.07, 6.45) is 0.556. The fourth-order valence-corrected chi connectivity index (χ4v) is 2.69. The lowest BCUT2D eigenvalue weighted by Crippen LogP contribution is -2.45. The Morgan fingerprint density at radius 3 is 2.55 bits per heavy atom. The number of carbonyl (C=O) groups is 1. The van der Waals surface area contributed by atoms with E-state index in [0.29, 0.717) is 18.9 Å². The summed E-state index contributed by atoms with van der Waals surface area (Å²) in [6, 6.07) is 6.63. The van der Waals surface area contributed by atoms with Crippen molar-refractivity contribution in [1.29, 1.82) is 0 Å². The van der Waals surface area contributed by atoms with E-state index in [2.05, 4.69) is 25.8 Å². The standard InChI is InChI=1S/C16H23FN2O/c1-12(2)15-11-18(3)9-8-16(20)19(15)10-13-4-6-14(17)7-5-13/h4-7,12,15H,8-11H2,1-3H3. The van der Waals surface area contributed by atoms with Crippen molar-refractivity contribution in [3.05, 3.63) is 35.6 Å². The number of halogens is 1. The van der Waals surface area contributed by atoms with Gasteiger partial charge in [-0.3, -0.25) is 4.79 Å². The zero-order chi connectivity index (χ0) is 14.7. The summed E-state index contributed by atoms with van der Waals surface area (Å²) in [5.74, 6) is 0.355. The molecule has 110 valence electrons. The van der Waals surface area contributed by atoms with Crippen molar-refractivity contribution in [1.82, 2.24) is 9.80 Å². The van der Waals surface area contributed by atoms with Crippen LogP contribution in [0.3, 0.4) is 0 Å². The van der Waals surface area contributed by atoms with E-state index in [0.717, 1.165) is 18.7 Å². The SMILES string of the molecule is CC(C)C1CN(C)CCC(=O)N1Cc1ccc(F)cc1. The van der Waals surface area contributed by atoms with Crippen LogP contribution in [0.2, 0.25) is 0 Å². The second kappa shape index (κ2) is 6.35. The molecule has 0 spiro atoms. The molecule has 0 bridgehead atoms. The zero-order valence-electron chi connectivity index (χ0n) is 12.5. The van der Waals surface area contributed by atoms with E-state index in [4.69, 9.17) is 0 Å². The van der Waals surface area contributed by atoms with Gasteiger partial charge in [0.05, 0.1) is 0 Å². The zero-order valence-corrected chi connectivity index (χ0v) is 12.5. The van der Waals surface area contributed by atoms with E-state index in [-0.39, 0.29) is 17.8 Å². The van der Waals surface area contributed by atoms with Gasteiger partial charge < -0.3 is 9.80 Å². The first-order valence-corrected chi connectivity index (χ1v) is 7.20. The molecule has 0 aromatic heterocycles. The minimum atomic E-state index is -0.240. The van der Waals surface area contributed by atoms with Crippen molar-refractivity contribution in [2.45, 2.75) is 32.9 Å². The van der Waals surface area contributed by atoms with Gasteiger partial charge in [0.2, 0.25) is 5.91 Å². The quantitative estimate of drug-likeness (QED) is 0.848. The largest absolute Gasteiger partial charge is 0.334 e. The molecule has 1 atom stereocenters. The molecule has 1 unspecified atom stereocenters. The molecule has 1 aromatic rings. The van der Waals surface area contributed by atoms with Gasteiger partial charge in [-0.25, -0.2) is 4.39 Å². The third kappa shape index (κ3) is 3.57. The number of amides is 1. The lowest BCUT2D eigenvalue weighted by Gasteiger charge is -2.34. The molecular weight excluding hydrogens is 255 g/mol. The highest BCUT2D eigenvalue weighted by molar-refractivity contribution is 5.77. The Morgan fingerprint density at radius 1 is 1.30 bits per heavy atom. The lowest BCUT2D eigenvalue weighted by atomic mass is 10.0. The summed E-state index contributed by atoms with van der Waals surface area (Å²) in [7, 11) is 2.06. The molecule has 0 radical (unpaired) electrons. The Labute approximate surface area is 120 Å². The highest BCUT2D eigenvalue weighted by Gasteiger charge is 2.30. The van der Waals surface area contributed by atoms with Crippen LogP contribution in [0.4, 0.5) is 4.39 Å². The number of rotatable bonds is 3. The molecular formula is C16H23FN2O. The van der Waals surface area contributed by atoms with Crippen molar-refractivity contribution < 1.29 is 9.18 Å². The van der Waals surface area contributed by atoms with Crippen LogP contribution in [0.25, 0.3) is 0 Å². The Hall–Kier alpha value is -1.42.